The van der Waals surface area contributed by atoms with Crippen LogP contribution >= 0.6 is 0 Å². The second kappa shape index (κ2) is 12.9. The van der Waals surface area contributed by atoms with Gasteiger partial charge in [0.1, 0.15) is 0 Å². The Morgan fingerprint density at radius 3 is 2.44 bits per heavy atom. The minimum absolute atomic E-state index is 0.845. The Morgan fingerprint density at radius 1 is 1.00 bits per heavy atom. The average molecular weight is 230 g/mol. The normalized spacial score (nSPS) is 11.2. The van der Waals surface area contributed by atoms with Crippen molar-refractivity contribution in [1.82, 2.24) is 10.2 Å². The largest absolute Gasteiger partial charge is 0.383 e. The van der Waals surface area contributed by atoms with Crippen molar-refractivity contribution in [3.8, 4) is 0 Å². The molecule has 0 saturated carbocycles. The molecular weight excluding hydrogens is 200 g/mol. The van der Waals surface area contributed by atoms with Crippen molar-refractivity contribution >= 4 is 0 Å². The van der Waals surface area contributed by atoms with Gasteiger partial charge in [-0.1, -0.05) is 19.8 Å². The van der Waals surface area contributed by atoms with Crippen molar-refractivity contribution in [2.24, 2.45) is 0 Å². The van der Waals surface area contributed by atoms with Crippen LogP contribution in [0.1, 0.15) is 39.0 Å². The molecule has 0 aliphatic rings. The molecule has 3 heteroatoms. The summed E-state index contributed by atoms with van der Waals surface area (Å²) in [6.07, 6.45) is 6.58. The fourth-order valence-electron chi connectivity index (χ4n) is 1.65. The van der Waals surface area contributed by atoms with Crippen LogP contribution in [0.3, 0.4) is 0 Å². The van der Waals surface area contributed by atoms with Gasteiger partial charge in [-0.15, -0.1) is 0 Å². The van der Waals surface area contributed by atoms with Crippen molar-refractivity contribution in [2.75, 3.05) is 46.9 Å². The van der Waals surface area contributed by atoms with E-state index in [2.05, 4.69) is 24.2 Å². The Hall–Kier alpha value is -0.120. The molecule has 0 aliphatic heterocycles. The second-order valence-corrected chi connectivity index (χ2v) is 4.46. The van der Waals surface area contributed by atoms with E-state index in [4.69, 9.17) is 4.74 Å². The zero-order chi connectivity index (χ0) is 12.1. The molecule has 0 aromatic rings. The molecule has 0 aromatic carbocycles. The fraction of sp³-hybridized carbons (Fsp3) is 1.00. The van der Waals surface area contributed by atoms with Gasteiger partial charge in [0, 0.05) is 13.7 Å². The molecule has 1 N–H and O–H groups in total. The summed E-state index contributed by atoms with van der Waals surface area (Å²) in [5, 5.41) is 3.44. The van der Waals surface area contributed by atoms with Crippen LogP contribution in [0.4, 0.5) is 0 Å². The number of nitrogens with one attached hydrogen (secondary N) is 1. The maximum atomic E-state index is 5.04. The van der Waals surface area contributed by atoms with Crippen molar-refractivity contribution in [2.45, 2.75) is 39.0 Å². The molecule has 3 nitrogen and oxygen atoms in total. The number of hydrogen-bond donors (Lipinski definition) is 1. The van der Waals surface area contributed by atoms with Crippen molar-refractivity contribution in [1.29, 1.82) is 0 Å². The highest BCUT2D eigenvalue weighted by Gasteiger charge is 1.97. The molecular formula is C13H30N2O. The maximum absolute atomic E-state index is 5.04. The summed E-state index contributed by atoms with van der Waals surface area (Å²) in [6.45, 7) is 7.66. The van der Waals surface area contributed by atoms with E-state index in [1.54, 1.807) is 7.11 Å². The van der Waals surface area contributed by atoms with Gasteiger partial charge in [-0.3, -0.25) is 0 Å². The van der Waals surface area contributed by atoms with Gasteiger partial charge in [-0.2, -0.15) is 0 Å². The standard InChI is InChI=1S/C13H30N2O/c1-4-9-14-10-7-5-6-8-11-15(2)12-13-16-3/h14H,4-13H2,1-3H3. The van der Waals surface area contributed by atoms with Gasteiger partial charge in [-0.25, -0.2) is 0 Å². The van der Waals surface area contributed by atoms with E-state index in [0.29, 0.717) is 0 Å². The molecule has 98 valence electrons. The quantitative estimate of drug-likeness (QED) is 0.520. The van der Waals surface area contributed by atoms with Gasteiger partial charge in [0.25, 0.3) is 0 Å². The second-order valence-electron chi connectivity index (χ2n) is 4.46. The van der Waals surface area contributed by atoms with Crippen molar-refractivity contribution in [3.63, 3.8) is 0 Å². The van der Waals surface area contributed by atoms with E-state index in [0.717, 1.165) is 13.2 Å². The molecule has 0 aromatic heterocycles. The predicted molar refractivity (Wildman–Crippen MR) is 71.0 cm³/mol. The average Bonchev–Trinajstić information content (AvgIpc) is 2.30. The monoisotopic (exact) mass is 230 g/mol. The summed E-state index contributed by atoms with van der Waals surface area (Å²) < 4.78 is 5.04. The van der Waals surface area contributed by atoms with E-state index in [-0.39, 0.29) is 0 Å². The number of ether oxygens (including phenoxy) is 1. The lowest BCUT2D eigenvalue weighted by molar-refractivity contribution is 0.160. The van der Waals surface area contributed by atoms with Crippen molar-refractivity contribution in [3.05, 3.63) is 0 Å². The summed E-state index contributed by atoms with van der Waals surface area (Å²) in [5.41, 5.74) is 0. The number of unbranched alkanes of at least 4 members (excludes halogenated alkanes) is 3. The number of nitrogens with zero attached hydrogens (tertiary/aromatic N) is 1. The van der Waals surface area contributed by atoms with Gasteiger partial charge in [0.2, 0.25) is 0 Å². The van der Waals surface area contributed by atoms with Crippen molar-refractivity contribution < 1.29 is 4.74 Å². The van der Waals surface area contributed by atoms with E-state index in [9.17, 15) is 0 Å². The minimum atomic E-state index is 0.845. The lowest BCUT2D eigenvalue weighted by atomic mass is 10.2. The first-order valence-corrected chi connectivity index (χ1v) is 6.69. The maximum Gasteiger partial charge on any atom is 0.0589 e. The lowest BCUT2D eigenvalue weighted by Crippen LogP contribution is -2.23. The molecule has 0 saturated heterocycles. The lowest BCUT2D eigenvalue weighted by Gasteiger charge is -2.15. The third kappa shape index (κ3) is 12.0. The van der Waals surface area contributed by atoms with Gasteiger partial charge >= 0.3 is 0 Å². The van der Waals surface area contributed by atoms with E-state index in [1.807, 2.05) is 0 Å². The number of hydrogen-bond acceptors (Lipinski definition) is 3. The highest BCUT2D eigenvalue weighted by atomic mass is 16.5. The third-order valence-electron chi connectivity index (χ3n) is 2.75. The summed E-state index contributed by atoms with van der Waals surface area (Å²) in [5.74, 6) is 0. The Morgan fingerprint density at radius 2 is 1.75 bits per heavy atom. The molecule has 16 heavy (non-hydrogen) atoms. The molecule has 0 heterocycles. The Balaban J connectivity index is 3.02. The zero-order valence-corrected chi connectivity index (χ0v) is 11.4. The molecule has 0 aliphatic carbocycles. The summed E-state index contributed by atoms with van der Waals surface area (Å²) in [4.78, 5) is 2.35. The molecule has 0 spiro atoms. The molecule has 0 bridgehead atoms. The zero-order valence-electron chi connectivity index (χ0n) is 11.4. The Labute approximate surface area is 102 Å². The van der Waals surface area contributed by atoms with E-state index >= 15 is 0 Å². The topological polar surface area (TPSA) is 24.5 Å². The van der Waals surface area contributed by atoms with Crippen LogP contribution < -0.4 is 5.32 Å². The predicted octanol–water partition coefficient (Wildman–Crippen LogP) is 2.12. The van der Waals surface area contributed by atoms with Crippen LogP contribution in [0.25, 0.3) is 0 Å². The highest BCUT2D eigenvalue weighted by molar-refractivity contribution is 4.53. The van der Waals surface area contributed by atoms with Gasteiger partial charge in [0.15, 0.2) is 0 Å². The Bertz CT molecular complexity index is 131. The van der Waals surface area contributed by atoms with Crippen LogP contribution in [-0.4, -0.2) is 51.8 Å². The van der Waals surface area contributed by atoms with E-state index in [1.165, 1.54) is 51.7 Å². The number of likely N-dealkylation sites (N-methyl/N-ethyl adjacent to an activating group) is 1. The summed E-state index contributed by atoms with van der Waals surface area (Å²) >= 11 is 0. The van der Waals surface area contributed by atoms with Gasteiger partial charge in [-0.05, 0) is 45.9 Å². The third-order valence-corrected chi connectivity index (χ3v) is 2.75. The first kappa shape index (κ1) is 15.9. The molecule has 0 radical (unpaired) electrons. The molecule has 0 atom stereocenters. The molecule has 0 fully saturated rings. The summed E-state index contributed by atoms with van der Waals surface area (Å²) in [6, 6.07) is 0. The molecule has 0 rings (SSSR count). The Kier molecular flexibility index (Phi) is 12.9. The smallest absolute Gasteiger partial charge is 0.0589 e. The summed E-state index contributed by atoms with van der Waals surface area (Å²) in [7, 11) is 3.93. The molecule has 0 unspecified atom stereocenters. The van der Waals surface area contributed by atoms with Crippen LogP contribution in [0.2, 0.25) is 0 Å². The van der Waals surface area contributed by atoms with E-state index < -0.39 is 0 Å². The number of methoxy groups -OCH3 is 1. The minimum Gasteiger partial charge on any atom is -0.383 e. The first-order valence-electron chi connectivity index (χ1n) is 6.69. The van der Waals surface area contributed by atoms with Gasteiger partial charge in [0.05, 0.1) is 6.61 Å². The highest BCUT2D eigenvalue weighted by Crippen LogP contribution is 2.00. The van der Waals surface area contributed by atoms with Gasteiger partial charge < -0.3 is 15.0 Å². The number of rotatable bonds is 12. The molecule has 0 amide bonds. The van der Waals surface area contributed by atoms with Crippen LogP contribution in [0.5, 0.6) is 0 Å². The SMILES string of the molecule is CCCNCCCCCCN(C)CCOC. The van der Waals surface area contributed by atoms with Crippen LogP contribution in [0.15, 0.2) is 0 Å². The fourth-order valence-corrected chi connectivity index (χ4v) is 1.65. The van der Waals surface area contributed by atoms with Crippen LogP contribution in [-0.2, 0) is 4.74 Å². The first-order chi connectivity index (χ1) is 7.81. The van der Waals surface area contributed by atoms with Crippen LogP contribution in [0, 0.1) is 0 Å².